The summed E-state index contributed by atoms with van der Waals surface area (Å²) in [5, 5.41) is 2.87. The fraction of sp³-hybridized carbons (Fsp3) is 0.312. The Morgan fingerprint density at radius 1 is 1.39 bits per heavy atom. The average Bonchev–Trinajstić information content (AvgIpc) is 2.59. The Balaban J connectivity index is 2.08. The van der Waals surface area contributed by atoms with Crippen molar-refractivity contribution in [2.24, 2.45) is 5.73 Å². The maximum absolute atomic E-state index is 12.2. The van der Waals surface area contributed by atoms with E-state index in [2.05, 4.69) is 10.3 Å². The molecule has 1 atom stereocenters. The standard InChI is InChI=1S/C16H20N4O3/c1-23-9-6-13(10-17)19-16(22)12-2-4-14(5-3-12)20-8-7-18-11-15(20)21/h2-5,7-8,11,13H,6,9-10,17H2,1H3,(H,19,22). The molecule has 23 heavy (non-hydrogen) atoms. The number of carbonyl (C=O) groups is 1. The lowest BCUT2D eigenvalue weighted by molar-refractivity contribution is 0.0926. The maximum Gasteiger partial charge on any atom is 0.273 e. The summed E-state index contributed by atoms with van der Waals surface area (Å²) in [4.78, 5) is 27.7. The van der Waals surface area contributed by atoms with Gasteiger partial charge in [-0.3, -0.25) is 19.1 Å². The van der Waals surface area contributed by atoms with Gasteiger partial charge in [0.2, 0.25) is 0 Å². The van der Waals surface area contributed by atoms with Crippen LogP contribution in [0.4, 0.5) is 0 Å². The minimum Gasteiger partial charge on any atom is -0.385 e. The first-order valence-electron chi connectivity index (χ1n) is 7.28. The average molecular weight is 316 g/mol. The van der Waals surface area contributed by atoms with Crippen molar-refractivity contribution in [1.29, 1.82) is 0 Å². The Bertz CT molecular complexity index is 697. The number of amides is 1. The molecule has 0 saturated heterocycles. The summed E-state index contributed by atoms with van der Waals surface area (Å²) < 4.78 is 6.45. The largest absolute Gasteiger partial charge is 0.385 e. The number of hydrogen-bond acceptors (Lipinski definition) is 5. The molecule has 2 aromatic rings. The van der Waals surface area contributed by atoms with Gasteiger partial charge in [-0.05, 0) is 30.7 Å². The van der Waals surface area contributed by atoms with Gasteiger partial charge in [0.15, 0.2) is 0 Å². The topological polar surface area (TPSA) is 99.2 Å². The summed E-state index contributed by atoms with van der Waals surface area (Å²) in [5.41, 5.74) is 6.59. The highest BCUT2D eigenvalue weighted by molar-refractivity contribution is 5.94. The lowest BCUT2D eigenvalue weighted by Crippen LogP contribution is -2.40. The Hall–Kier alpha value is -2.51. The van der Waals surface area contributed by atoms with Crippen molar-refractivity contribution in [2.45, 2.75) is 12.5 Å². The van der Waals surface area contributed by atoms with Crippen molar-refractivity contribution < 1.29 is 9.53 Å². The lowest BCUT2D eigenvalue weighted by atomic mass is 10.1. The second-order valence-electron chi connectivity index (χ2n) is 5.02. The molecule has 0 aliphatic heterocycles. The predicted octanol–water partition coefficient (Wildman–Crippen LogP) is 0.326. The molecule has 3 N–H and O–H groups in total. The van der Waals surface area contributed by atoms with E-state index >= 15 is 0 Å². The number of methoxy groups -OCH3 is 1. The maximum atomic E-state index is 12.2. The summed E-state index contributed by atoms with van der Waals surface area (Å²) in [6, 6.07) is 6.62. The molecule has 1 aromatic heterocycles. The summed E-state index contributed by atoms with van der Waals surface area (Å²) in [6.07, 6.45) is 5.00. The number of rotatable bonds is 7. The molecule has 1 unspecified atom stereocenters. The minimum absolute atomic E-state index is 0.134. The molecule has 2 rings (SSSR count). The van der Waals surface area contributed by atoms with Gasteiger partial charge in [-0.1, -0.05) is 0 Å². The Morgan fingerprint density at radius 3 is 2.74 bits per heavy atom. The third-order valence-corrected chi connectivity index (χ3v) is 3.42. The molecule has 0 fully saturated rings. The van der Waals surface area contributed by atoms with E-state index in [-0.39, 0.29) is 17.5 Å². The number of aromatic nitrogens is 2. The van der Waals surface area contributed by atoms with Crippen molar-refractivity contribution in [1.82, 2.24) is 14.9 Å². The smallest absolute Gasteiger partial charge is 0.273 e. The highest BCUT2D eigenvalue weighted by atomic mass is 16.5. The van der Waals surface area contributed by atoms with E-state index in [4.69, 9.17) is 10.5 Å². The summed E-state index contributed by atoms with van der Waals surface area (Å²) in [5.74, 6) is -0.204. The van der Waals surface area contributed by atoms with Gasteiger partial charge in [0, 0.05) is 49.9 Å². The van der Waals surface area contributed by atoms with Crippen LogP contribution in [0.2, 0.25) is 0 Å². The number of carbonyl (C=O) groups excluding carboxylic acids is 1. The monoisotopic (exact) mass is 316 g/mol. The highest BCUT2D eigenvalue weighted by Crippen LogP contribution is 2.08. The second-order valence-corrected chi connectivity index (χ2v) is 5.02. The van der Waals surface area contributed by atoms with Gasteiger partial charge < -0.3 is 15.8 Å². The molecule has 7 heteroatoms. The quantitative estimate of drug-likeness (QED) is 0.767. The van der Waals surface area contributed by atoms with E-state index in [1.54, 1.807) is 37.6 Å². The van der Waals surface area contributed by atoms with Gasteiger partial charge >= 0.3 is 0 Å². The molecular weight excluding hydrogens is 296 g/mol. The van der Waals surface area contributed by atoms with Crippen LogP contribution in [-0.4, -0.2) is 41.8 Å². The van der Waals surface area contributed by atoms with Crippen LogP contribution >= 0.6 is 0 Å². The highest BCUT2D eigenvalue weighted by Gasteiger charge is 2.12. The SMILES string of the molecule is COCCC(CN)NC(=O)c1ccc(-n2ccncc2=O)cc1. The van der Waals surface area contributed by atoms with Gasteiger partial charge in [-0.25, -0.2) is 0 Å². The molecule has 122 valence electrons. The minimum atomic E-state index is -0.229. The zero-order valence-electron chi connectivity index (χ0n) is 12.9. The predicted molar refractivity (Wildman–Crippen MR) is 86.6 cm³/mol. The van der Waals surface area contributed by atoms with Gasteiger partial charge in [-0.2, -0.15) is 0 Å². The third-order valence-electron chi connectivity index (χ3n) is 3.42. The Kier molecular flexibility index (Phi) is 6.02. The summed E-state index contributed by atoms with van der Waals surface area (Å²) in [6.45, 7) is 0.881. The number of ether oxygens (including phenoxy) is 1. The second kappa shape index (κ2) is 8.21. The van der Waals surface area contributed by atoms with E-state index in [1.165, 1.54) is 17.0 Å². The fourth-order valence-electron chi connectivity index (χ4n) is 2.11. The van der Waals surface area contributed by atoms with Crippen molar-refractivity contribution in [3.8, 4) is 5.69 Å². The van der Waals surface area contributed by atoms with Crippen LogP contribution in [0.15, 0.2) is 47.7 Å². The van der Waals surface area contributed by atoms with Gasteiger partial charge in [0.05, 0.1) is 6.20 Å². The van der Waals surface area contributed by atoms with Crippen molar-refractivity contribution in [3.63, 3.8) is 0 Å². The molecule has 0 spiro atoms. The van der Waals surface area contributed by atoms with E-state index < -0.39 is 0 Å². The number of hydrogen-bond donors (Lipinski definition) is 2. The Morgan fingerprint density at radius 2 is 2.13 bits per heavy atom. The normalized spacial score (nSPS) is 11.9. The van der Waals surface area contributed by atoms with Crippen molar-refractivity contribution in [3.05, 3.63) is 58.8 Å². The van der Waals surface area contributed by atoms with Crippen molar-refractivity contribution >= 4 is 5.91 Å². The molecule has 0 saturated carbocycles. The number of nitrogens with two attached hydrogens (primary N) is 1. The molecule has 0 aliphatic carbocycles. The first-order chi connectivity index (χ1) is 11.2. The molecule has 0 radical (unpaired) electrons. The van der Waals surface area contributed by atoms with E-state index in [1.807, 2.05) is 0 Å². The first-order valence-corrected chi connectivity index (χ1v) is 7.28. The lowest BCUT2D eigenvalue weighted by Gasteiger charge is -2.16. The molecule has 0 bridgehead atoms. The van der Waals surface area contributed by atoms with Crippen LogP contribution in [0.25, 0.3) is 5.69 Å². The summed E-state index contributed by atoms with van der Waals surface area (Å²) in [7, 11) is 1.61. The van der Waals surface area contributed by atoms with Gasteiger partial charge in [-0.15, -0.1) is 0 Å². The van der Waals surface area contributed by atoms with Crippen LogP contribution in [0, 0.1) is 0 Å². The third kappa shape index (κ3) is 4.48. The van der Waals surface area contributed by atoms with Gasteiger partial charge in [0.1, 0.15) is 0 Å². The zero-order valence-corrected chi connectivity index (χ0v) is 12.9. The van der Waals surface area contributed by atoms with Crippen LogP contribution < -0.4 is 16.6 Å². The van der Waals surface area contributed by atoms with Crippen LogP contribution in [0.5, 0.6) is 0 Å². The number of nitrogens with zero attached hydrogens (tertiary/aromatic N) is 2. The molecular formula is C16H20N4O3. The molecule has 0 aliphatic rings. The van der Waals surface area contributed by atoms with E-state index in [0.717, 1.165) is 0 Å². The molecule has 1 heterocycles. The van der Waals surface area contributed by atoms with E-state index in [9.17, 15) is 9.59 Å². The molecule has 1 amide bonds. The Labute approximate surface area is 134 Å². The zero-order chi connectivity index (χ0) is 16.7. The summed E-state index contributed by atoms with van der Waals surface area (Å²) >= 11 is 0. The number of benzene rings is 1. The van der Waals surface area contributed by atoms with Crippen LogP contribution in [0.3, 0.4) is 0 Å². The molecule has 7 nitrogen and oxygen atoms in total. The van der Waals surface area contributed by atoms with Gasteiger partial charge in [0.25, 0.3) is 11.5 Å². The van der Waals surface area contributed by atoms with Crippen LogP contribution in [-0.2, 0) is 4.74 Å². The van der Waals surface area contributed by atoms with Crippen molar-refractivity contribution in [2.75, 3.05) is 20.3 Å². The fourth-order valence-corrected chi connectivity index (χ4v) is 2.11. The van der Waals surface area contributed by atoms with Crippen LogP contribution in [0.1, 0.15) is 16.8 Å². The van der Waals surface area contributed by atoms with E-state index in [0.29, 0.717) is 30.8 Å². The number of nitrogens with one attached hydrogen (secondary N) is 1. The molecule has 1 aromatic carbocycles. The first kappa shape index (κ1) is 16.9.